The summed E-state index contributed by atoms with van der Waals surface area (Å²) in [6.45, 7) is 13.0. The van der Waals surface area contributed by atoms with Crippen molar-refractivity contribution in [3.63, 3.8) is 0 Å². The minimum atomic E-state index is -4.16. The molecule has 0 spiro atoms. The van der Waals surface area contributed by atoms with Gasteiger partial charge in [0.05, 0.1) is 10.6 Å². The predicted molar refractivity (Wildman–Crippen MR) is 185 cm³/mol. The number of aryl methyl sites for hydroxylation is 4. The first-order chi connectivity index (χ1) is 21.7. The number of nitrogens with one attached hydrogen (secondary N) is 1. The Morgan fingerprint density at radius 2 is 1.37 bits per heavy atom. The molecule has 4 aromatic carbocycles. The third-order valence-corrected chi connectivity index (χ3v) is 9.65. The molecule has 8 heteroatoms. The number of nitrogens with zero attached hydrogens (tertiary/aromatic N) is 2. The third kappa shape index (κ3) is 8.63. The van der Waals surface area contributed by atoms with Gasteiger partial charge in [0.2, 0.25) is 11.8 Å². The largest absolute Gasteiger partial charge is 0.350 e. The maximum Gasteiger partial charge on any atom is 0.264 e. The van der Waals surface area contributed by atoms with Crippen molar-refractivity contribution in [2.75, 3.05) is 10.8 Å². The van der Waals surface area contributed by atoms with E-state index in [9.17, 15) is 18.0 Å². The molecule has 0 aromatic heterocycles. The molecule has 46 heavy (non-hydrogen) atoms. The first-order valence-electron chi connectivity index (χ1n) is 15.5. The number of sulfonamides is 1. The van der Waals surface area contributed by atoms with Crippen molar-refractivity contribution in [2.24, 2.45) is 0 Å². The van der Waals surface area contributed by atoms with Gasteiger partial charge in [-0.1, -0.05) is 90.0 Å². The SMILES string of the molecule is Cc1ccc(S(=O)(=O)N(CC(=O)N(Cc2ccccc2C)[C@@H](Cc2ccccc2)C(=O)NC(C)(C)C)c2ccc(C)cc2C)cc1. The summed E-state index contributed by atoms with van der Waals surface area (Å²) in [4.78, 5) is 30.4. The van der Waals surface area contributed by atoms with E-state index in [1.54, 1.807) is 30.3 Å². The molecule has 1 atom stereocenters. The van der Waals surface area contributed by atoms with Crippen LogP contribution in [0.5, 0.6) is 0 Å². The van der Waals surface area contributed by atoms with Crippen LogP contribution in [0.2, 0.25) is 0 Å². The normalized spacial score (nSPS) is 12.3. The summed E-state index contributed by atoms with van der Waals surface area (Å²) >= 11 is 0. The molecule has 0 saturated carbocycles. The molecule has 0 fully saturated rings. The monoisotopic (exact) mass is 639 g/mol. The minimum Gasteiger partial charge on any atom is -0.350 e. The van der Waals surface area contributed by atoms with Gasteiger partial charge in [-0.25, -0.2) is 8.42 Å². The Labute approximate surface area is 274 Å². The van der Waals surface area contributed by atoms with Crippen LogP contribution in [0.25, 0.3) is 0 Å². The van der Waals surface area contributed by atoms with E-state index in [0.717, 1.165) is 33.4 Å². The number of anilines is 1. The molecule has 4 aromatic rings. The van der Waals surface area contributed by atoms with Gasteiger partial charge in [-0.3, -0.25) is 13.9 Å². The standard InChI is InChI=1S/C38H45N3O4S/c1-27-17-20-33(21-18-27)46(44,45)41(34-22-19-28(2)23-30(34)4)26-36(42)40(25-32-16-12-11-13-29(32)3)35(37(43)39-38(5,6)7)24-31-14-9-8-10-15-31/h8-23,35H,24-26H2,1-7H3,(H,39,43)/t35-/m0/s1. The lowest BCUT2D eigenvalue weighted by atomic mass is 10.00. The summed E-state index contributed by atoms with van der Waals surface area (Å²) in [5.41, 5.74) is 5.20. The number of rotatable bonds is 11. The lowest BCUT2D eigenvalue weighted by Gasteiger charge is -2.36. The van der Waals surface area contributed by atoms with Gasteiger partial charge in [-0.2, -0.15) is 0 Å². The summed E-state index contributed by atoms with van der Waals surface area (Å²) < 4.78 is 29.8. The van der Waals surface area contributed by atoms with Crippen molar-refractivity contribution in [2.45, 2.75) is 77.9 Å². The molecule has 4 rings (SSSR count). The van der Waals surface area contributed by atoms with Gasteiger partial charge < -0.3 is 10.2 Å². The highest BCUT2D eigenvalue weighted by Crippen LogP contribution is 2.29. The van der Waals surface area contributed by atoms with Crippen molar-refractivity contribution < 1.29 is 18.0 Å². The van der Waals surface area contributed by atoms with Crippen LogP contribution >= 0.6 is 0 Å². The van der Waals surface area contributed by atoms with Crippen molar-refractivity contribution >= 4 is 27.5 Å². The lowest BCUT2D eigenvalue weighted by Crippen LogP contribution is -2.56. The highest BCUT2D eigenvalue weighted by Gasteiger charge is 2.36. The minimum absolute atomic E-state index is 0.0858. The molecule has 0 aliphatic carbocycles. The molecule has 0 aliphatic heterocycles. The summed E-state index contributed by atoms with van der Waals surface area (Å²) in [7, 11) is -4.16. The number of amides is 2. The van der Waals surface area contributed by atoms with Gasteiger partial charge >= 0.3 is 0 Å². The van der Waals surface area contributed by atoms with Gasteiger partial charge in [-0.05, 0) is 88.9 Å². The summed E-state index contributed by atoms with van der Waals surface area (Å²) in [6, 6.07) is 28.5. The lowest BCUT2D eigenvalue weighted by molar-refractivity contribution is -0.140. The fourth-order valence-electron chi connectivity index (χ4n) is 5.41. The number of carbonyl (C=O) groups excluding carboxylic acids is 2. The van der Waals surface area contributed by atoms with Crippen LogP contribution < -0.4 is 9.62 Å². The summed E-state index contributed by atoms with van der Waals surface area (Å²) in [5.74, 6) is -0.790. The molecule has 0 saturated heterocycles. The Balaban J connectivity index is 1.85. The van der Waals surface area contributed by atoms with Crippen LogP contribution in [0.4, 0.5) is 5.69 Å². The Morgan fingerprint density at radius 3 is 1.98 bits per heavy atom. The zero-order valence-electron chi connectivity index (χ0n) is 27.9. The van der Waals surface area contributed by atoms with Crippen molar-refractivity contribution in [3.05, 3.63) is 130 Å². The van der Waals surface area contributed by atoms with Gasteiger partial charge in [0.25, 0.3) is 10.0 Å². The zero-order valence-corrected chi connectivity index (χ0v) is 28.7. The predicted octanol–water partition coefficient (Wildman–Crippen LogP) is 6.67. The number of hydrogen-bond acceptors (Lipinski definition) is 4. The molecule has 7 nitrogen and oxygen atoms in total. The van der Waals surface area contributed by atoms with Crippen LogP contribution in [0.1, 0.15) is 54.2 Å². The Bertz CT molecular complexity index is 1780. The van der Waals surface area contributed by atoms with Gasteiger partial charge in [0.1, 0.15) is 12.6 Å². The summed E-state index contributed by atoms with van der Waals surface area (Å²) in [6.07, 6.45) is 0.259. The number of carbonyl (C=O) groups is 2. The van der Waals surface area contributed by atoms with Crippen LogP contribution in [0.15, 0.2) is 102 Å². The van der Waals surface area contributed by atoms with Crippen LogP contribution in [0, 0.1) is 27.7 Å². The average molecular weight is 640 g/mol. The molecule has 0 aliphatic rings. The van der Waals surface area contributed by atoms with Crippen molar-refractivity contribution in [1.82, 2.24) is 10.2 Å². The van der Waals surface area contributed by atoms with Crippen LogP contribution in [-0.2, 0) is 32.6 Å². The van der Waals surface area contributed by atoms with Crippen LogP contribution in [-0.4, -0.2) is 43.3 Å². The third-order valence-electron chi connectivity index (χ3n) is 7.88. The molecule has 1 N–H and O–H groups in total. The van der Waals surface area contributed by atoms with E-state index in [1.165, 1.54) is 9.21 Å². The average Bonchev–Trinajstić information content (AvgIpc) is 2.98. The number of benzene rings is 4. The molecule has 242 valence electrons. The summed E-state index contributed by atoms with van der Waals surface area (Å²) in [5, 5.41) is 3.07. The van der Waals surface area contributed by atoms with Crippen LogP contribution in [0.3, 0.4) is 0 Å². The first kappa shape index (κ1) is 34.4. The molecule has 0 radical (unpaired) electrons. The van der Waals surface area contributed by atoms with Crippen molar-refractivity contribution in [3.8, 4) is 0 Å². The topological polar surface area (TPSA) is 86.8 Å². The van der Waals surface area contributed by atoms with E-state index in [2.05, 4.69) is 5.32 Å². The molecular formula is C38H45N3O4S. The Hall–Kier alpha value is -4.43. The van der Waals surface area contributed by atoms with E-state index < -0.39 is 34.1 Å². The first-order valence-corrected chi connectivity index (χ1v) is 17.0. The number of hydrogen-bond donors (Lipinski definition) is 1. The van der Waals surface area contributed by atoms with E-state index in [0.29, 0.717) is 5.69 Å². The smallest absolute Gasteiger partial charge is 0.264 e. The van der Waals surface area contributed by atoms with Gasteiger partial charge in [0.15, 0.2) is 0 Å². The molecular weight excluding hydrogens is 595 g/mol. The molecule has 2 amide bonds. The van der Waals surface area contributed by atoms with E-state index >= 15 is 0 Å². The molecule has 0 heterocycles. The van der Waals surface area contributed by atoms with E-state index in [1.807, 2.05) is 115 Å². The van der Waals surface area contributed by atoms with E-state index in [-0.39, 0.29) is 23.8 Å². The zero-order chi connectivity index (χ0) is 33.6. The second kappa shape index (κ2) is 14.3. The highest BCUT2D eigenvalue weighted by molar-refractivity contribution is 7.92. The Kier molecular flexibility index (Phi) is 10.7. The second-order valence-electron chi connectivity index (χ2n) is 13.0. The maximum absolute atomic E-state index is 14.7. The second-order valence-corrected chi connectivity index (χ2v) is 14.9. The quantitative estimate of drug-likeness (QED) is 0.199. The maximum atomic E-state index is 14.7. The van der Waals surface area contributed by atoms with Gasteiger partial charge in [0, 0.05) is 18.5 Å². The van der Waals surface area contributed by atoms with Gasteiger partial charge in [-0.15, -0.1) is 0 Å². The Morgan fingerprint density at radius 1 is 0.761 bits per heavy atom. The molecule has 0 unspecified atom stereocenters. The van der Waals surface area contributed by atoms with E-state index in [4.69, 9.17) is 0 Å². The van der Waals surface area contributed by atoms with Crippen molar-refractivity contribution in [1.29, 1.82) is 0 Å². The fourth-order valence-corrected chi connectivity index (χ4v) is 6.89. The fraction of sp³-hybridized carbons (Fsp3) is 0.316. The molecule has 0 bridgehead atoms. The highest BCUT2D eigenvalue weighted by atomic mass is 32.2.